The van der Waals surface area contributed by atoms with Crippen LogP contribution in [0.15, 0.2) is 91.1 Å². The number of imidazole rings is 2. The number of ether oxygens (including phenoxy) is 4. The third kappa shape index (κ3) is 8.82. The van der Waals surface area contributed by atoms with Crippen molar-refractivity contribution in [3.05, 3.63) is 114 Å². The molecule has 0 saturated carbocycles. The Bertz CT molecular complexity index is 2970. The van der Waals surface area contributed by atoms with Crippen LogP contribution >= 0.6 is 0 Å². The number of H-pyrrole nitrogens is 2. The predicted octanol–water partition coefficient (Wildman–Crippen LogP) is 8.30. The van der Waals surface area contributed by atoms with E-state index in [2.05, 4.69) is 36.9 Å². The van der Waals surface area contributed by atoms with E-state index in [1.54, 1.807) is 50.1 Å². The molecule has 0 bridgehead atoms. The molecule has 69 heavy (non-hydrogen) atoms. The number of likely N-dealkylation sites (tertiary alicyclic amines) is 2. The molecule has 0 aliphatic carbocycles. The first-order chi connectivity index (χ1) is 33.1. The minimum Gasteiger partial charge on any atom is -0.488 e. The van der Waals surface area contributed by atoms with Crippen LogP contribution in [0.4, 0.5) is 22.8 Å². The Labute approximate surface area is 394 Å². The molecule has 0 spiro atoms. The fraction of sp³-hybridized carbons (Fsp3) is 0.360. The monoisotopic (exact) mass is 948 g/mol. The molecule has 5 heterocycles. The highest BCUT2D eigenvalue weighted by molar-refractivity contribution is 6.07. The van der Waals surface area contributed by atoms with E-state index in [9.17, 15) is 32.3 Å². The summed E-state index contributed by atoms with van der Waals surface area (Å²) in [6, 6.07) is 18.8. The van der Waals surface area contributed by atoms with E-state index in [1.165, 1.54) is 13.3 Å². The van der Waals surface area contributed by atoms with E-state index < -0.39 is 73.2 Å². The Morgan fingerprint density at radius 3 is 2.35 bits per heavy atom. The lowest BCUT2D eigenvalue weighted by Gasteiger charge is -2.30. The number of hydrogen-bond acceptors (Lipinski definition) is 10. The molecule has 4 amide bonds. The predicted molar refractivity (Wildman–Crippen MR) is 247 cm³/mol. The van der Waals surface area contributed by atoms with Gasteiger partial charge in [0.2, 0.25) is 5.91 Å². The Morgan fingerprint density at radius 1 is 0.884 bits per heavy atom. The minimum absolute atomic E-state index is 0.197. The van der Waals surface area contributed by atoms with E-state index in [4.69, 9.17) is 19.2 Å². The van der Waals surface area contributed by atoms with Gasteiger partial charge in [-0.3, -0.25) is 9.59 Å². The average Bonchev–Trinajstić information content (AvgIpc) is 4.17. The zero-order valence-corrected chi connectivity index (χ0v) is 38.5. The quantitative estimate of drug-likeness (QED) is 0.0919. The van der Waals surface area contributed by atoms with Crippen LogP contribution in [-0.2, 0) is 30.4 Å². The molecule has 360 valence electrons. The number of hydrogen-bond donors (Lipinski definition) is 4. The van der Waals surface area contributed by atoms with Gasteiger partial charge in [0, 0.05) is 37.1 Å². The van der Waals surface area contributed by atoms with Crippen molar-refractivity contribution >= 4 is 45.8 Å². The van der Waals surface area contributed by atoms with Gasteiger partial charge in [-0.1, -0.05) is 69.0 Å². The molecule has 16 nitrogen and oxygen atoms in total. The van der Waals surface area contributed by atoms with Gasteiger partial charge in [-0.25, -0.2) is 19.6 Å². The number of methoxy groups -OCH3 is 3. The molecular formula is C50H51F3N8O8. The van der Waals surface area contributed by atoms with Crippen molar-refractivity contribution in [2.45, 2.75) is 57.2 Å². The smallest absolute Gasteiger partial charge is 0.407 e. The van der Waals surface area contributed by atoms with Gasteiger partial charge in [-0.05, 0) is 69.8 Å². The number of fused-ring (bicyclic) bond motifs is 6. The number of halogens is 3. The third-order valence-electron chi connectivity index (χ3n) is 13.4. The number of aromatic amines is 2. The molecular weight excluding hydrogens is 898 g/mol. The Kier molecular flexibility index (Phi) is 12.6. The second-order valence-electron chi connectivity index (χ2n) is 17.9. The van der Waals surface area contributed by atoms with Crippen LogP contribution in [0.5, 0.6) is 5.75 Å². The van der Waals surface area contributed by atoms with Crippen molar-refractivity contribution in [1.82, 2.24) is 40.4 Å². The minimum atomic E-state index is -4.55. The van der Waals surface area contributed by atoms with E-state index in [1.807, 2.05) is 48.5 Å². The molecule has 19 heteroatoms. The first-order valence-corrected chi connectivity index (χ1v) is 22.4. The summed E-state index contributed by atoms with van der Waals surface area (Å²) in [7, 11) is 3.98. The van der Waals surface area contributed by atoms with Crippen LogP contribution < -0.4 is 15.4 Å². The molecule has 9 rings (SSSR count). The summed E-state index contributed by atoms with van der Waals surface area (Å²) >= 11 is 0. The van der Waals surface area contributed by atoms with Gasteiger partial charge in [-0.15, -0.1) is 0 Å². The summed E-state index contributed by atoms with van der Waals surface area (Å²) in [4.78, 5) is 71.9. The highest BCUT2D eigenvalue weighted by Gasteiger charge is 2.51. The summed E-state index contributed by atoms with van der Waals surface area (Å²) in [5.74, 6) is -2.11. The highest BCUT2D eigenvalue weighted by Crippen LogP contribution is 2.46. The molecule has 6 aromatic rings. The average molecular weight is 949 g/mol. The molecule has 6 atom stereocenters. The fourth-order valence-corrected chi connectivity index (χ4v) is 9.78. The molecule has 3 aliphatic heterocycles. The number of rotatable bonds is 11. The molecule has 0 unspecified atom stereocenters. The van der Waals surface area contributed by atoms with Crippen LogP contribution in [-0.4, -0.2) is 107 Å². The maximum absolute atomic E-state index is 14.5. The number of benzene rings is 4. The number of amides is 4. The van der Waals surface area contributed by atoms with Crippen molar-refractivity contribution in [1.29, 1.82) is 0 Å². The van der Waals surface area contributed by atoms with Crippen molar-refractivity contribution in [3.63, 3.8) is 0 Å². The maximum atomic E-state index is 14.5. The number of nitrogens with one attached hydrogen (secondary N) is 4. The van der Waals surface area contributed by atoms with Gasteiger partial charge in [0.25, 0.3) is 5.91 Å². The molecule has 2 fully saturated rings. The Balaban J connectivity index is 1.00. The third-order valence-corrected chi connectivity index (χ3v) is 13.4. The summed E-state index contributed by atoms with van der Waals surface area (Å²) in [6.45, 7) is 8.04. The Morgan fingerprint density at radius 2 is 1.64 bits per heavy atom. The topological polar surface area (TPSA) is 193 Å². The van der Waals surface area contributed by atoms with Crippen molar-refractivity contribution in [2.75, 3.05) is 41.0 Å². The SMILES string of the molecule is C=C1[C@H](COC)CN(C(=O)[C@H](NC(=O)OC)c2ccccc2)[C@@H]1c1nc2ccc3cc4c(cc3c2[nH]1)OCc1cc(-c2cnc([C@@H]3C[C@H](C(F)(F)F)CN3C(=O)[C@@H](NC(=O)OC)C(C)C)[nH]2)ccc1-4. The largest absolute Gasteiger partial charge is 0.488 e. The van der Waals surface area contributed by atoms with Crippen LogP contribution in [0.1, 0.15) is 61.2 Å². The van der Waals surface area contributed by atoms with Crippen LogP contribution in [0.3, 0.4) is 0 Å². The number of alkyl halides is 3. The van der Waals surface area contributed by atoms with Gasteiger partial charge in [-0.2, -0.15) is 13.2 Å². The number of carbonyl (C=O) groups is 4. The number of alkyl carbamates (subject to hydrolysis) is 2. The lowest BCUT2D eigenvalue weighted by atomic mass is 9.92. The number of aromatic nitrogens is 4. The number of nitrogens with zero attached hydrogens (tertiary/aromatic N) is 4. The lowest BCUT2D eigenvalue weighted by molar-refractivity contribution is -0.171. The zero-order chi connectivity index (χ0) is 48.9. The number of carbonyl (C=O) groups excluding carboxylic acids is 4. The van der Waals surface area contributed by atoms with E-state index in [0.29, 0.717) is 40.5 Å². The Hall–Kier alpha value is -7.41. The van der Waals surface area contributed by atoms with Crippen LogP contribution in [0.2, 0.25) is 0 Å². The normalized spacial score (nSPS) is 19.8. The van der Waals surface area contributed by atoms with Crippen LogP contribution in [0.25, 0.3) is 44.2 Å². The maximum Gasteiger partial charge on any atom is 0.407 e. The fourth-order valence-electron chi connectivity index (χ4n) is 9.78. The second kappa shape index (κ2) is 18.6. The summed E-state index contributed by atoms with van der Waals surface area (Å²) < 4.78 is 63.9. The van der Waals surface area contributed by atoms with Gasteiger partial charge in [0.05, 0.1) is 55.7 Å². The van der Waals surface area contributed by atoms with E-state index in [-0.39, 0.29) is 30.8 Å². The van der Waals surface area contributed by atoms with Gasteiger partial charge in [0.1, 0.15) is 42.1 Å². The van der Waals surface area contributed by atoms with E-state index in [0.717, 1.165) is 50.6 Å². The molecule has 2 saturated heterocycles. The van der Waals surface area contributed by atoms with Gasteiger partial charge >= 0.3 is 18.4 Å². The summed E-state index contributed by atoms with van der Waals surface area (Å²) in [5, 5.41) is 6.92. The van der Waals surface area contributed by atoms with E-state index >= 15 is 0 Å². The lowest BCUT2D eigenvalue weighted by Crippen LogP contribution is -2.51. The summed E-state index contributed by atoms with van der Waals surface area (Å²) in [5.41, 5.74) is 6.62. The van der Waals surface area contributed by atoms with Crippen molar-refractivity contribution in [3.8, 4) is 28.1 Å². The van der Waals surface area contributed by atoms with Crippen LogP contribution in [0, 0.1) is 17.8 Å². The second-order valence-corrected chi connectivity index (χ2v) is 17.9. The molecule has 3 aliphatic rings. The van der Waals surface area contributed by atoms with Crippen molar-refractivity contribution < 1.29 is 51.3 Å². The van der Waals surface area contributed by atoms with Gasteiger partial charge < -0.3 is 49.3 Å². The molecule has 2 aromatic heterocycles. The van der Waals surface area contributed by atoms with Crippen molar-refractivity contribution in [2.24, 2.45) is 17.8 Å². The standard InChI is InChI=1S/C50H51F3N8O8/c1-25(2)40(58-48(64)67-5)46(62)60-22-32(50(51,52)53)18-38(60)44-54-20-37(56-44)29-12-14-33-30(16-29)24-69-39-19-34-28(17-35(33)39)13-15-36-42(34)57-45(55-36)43-26(3)31(23-66-4)21-61(43)47(63)41(59-49(65)68-6)27-10-8-7-9-11-27/h7-17,19-20,25,31-32,38,40-41,43H,3,18,21-24H2,1-2,4-6H3,(H,54,56)(H,55,57)(H,58,64)(H,59,65)/t31-,32-,38-,40-,41+,43-/m0/s1. The first-order valence-electron chi connectivity index (χ1n) is 22.4. The first kappa shape index (κ1) is 46.7. The van der Waals surface area contributed by atoms with Gasteiger partial charge in [0.15, 0.2) is 0 Å². The summed E-state index contributed by atoms with van der Waals surface area (Å²) in [6.07, 6.45) is -5.02. The molecule has 4 aromatic carbocycles. The molecule has 0 radical (unpaired) electrons. The zero-order valence-electron chi connectivity index (χ0n) is 38.5. The molecule has 4 N–H and O–H groups in total. The highest BCUT2D eigenvalue weighted by atomic mass is 19.4.